The van der Waals surface area contributed by atoms with Gasteiger partial charge in [0.25, 0.3) is 0 Å². The van der Waals surface area contributed by atoms with Crippen molar-refractivity contribution in [3.63, 3.8) is 0 Å². The van der Waals surface area contributed by atoms with Crippen LogP contribution in [0.1, 0.15) is 32.0 Å². The van der Waals surface area contributed by atoms with Gasteiger partial charge in [-0.25, -0.2) is 0 Å². The normalized spacial score (nSPS) is 11.8. The Morgan fingerprint density at radius 2 is 1.94 bits per heavy atom. The molecule has 0 aliphatic rings. The summed E-state index contributed by atoms with van der Waals surface area (Å²) in [5.41, 5.74) is 8.18. The van der Waals surface area contributed by atoms with Gasteiger partial charge in [-0.3, -0.25) is 10.4 Å². The molecule has 0 saturated carbocycles. The van der Waals surface area contributed by atoms with E-state index in [0.717, 1.165) is 26.6 Å². The molecule has 0 radical (unpaired) electrons. The summed E-state index contributed by atoms with van der Waals surface area (Å²) < 4.78 is 0.961. The lowest BCUT2D eigenvalue weighted by molar-refractivity contribution is 0.571. The third kappa shape index (κ3) is 2.38. The molecule has 1 aromatic carbocycles. The van der Waals surface area contributed by atoms with E-state index < -0.39 is 0 Å². The molecule has 0 saturated heterocycles. The first-order valence-corrected chi connectivity index (χ1v) is 6.53. The van der Waals surface area contributed by atoms with Gasteiger partial charge in [-0.05, 0) is 24.3 Å². The van der Waals surface area contributed by atoms with Crippen LogP contribution in [0.15, 0.2) is 28.7 Å². The van der Waals surface area contributed by atoms with Crippen molar-refractivity contribution < 1.29 is 0 Å². The maximum absolute atomic E-state index is 7.72. The lowest BCUT2D eigenvalue weighted by atomic mass is 9.89. The summed E-state index contributed by atoms with van der Waals surface area (Å²) in [5, 5.41) is 8.63. The first-order chi connectivity index (χ1) is 8.29. The summed E-state index contributed by atoms with van der Waals surface area (Å²) in [6, 6.07) is 7.76. The zero-order valence-electron chi connectivity index (χ0n) is 10.7. The number of hydrogen-bond acceptors (Lipinski definition) is 2. The molecule has 3 N–H and O–H groups in total. The molecule has 0 bridgehead atoms. The van der Waals surface area contributed by atoms with Crippen LogP contribution in [0.4, 0.5) is 0 Å². The van der Waals surface area contributed by atoms with E-state index in [2.05, 4.69) is 41.7 Å². The molecule has 3 nitrogen and oxygen atoms in total. The van der Waals surface area contributed by atoms with E-state index in [4.69, 9.17) is 11.1 Å². The van der Waals surface area contributed by atoms with Crippen LogP contribution in [0.3, 0.4) is 0 Å². The smallest absolute Gasteiger partial charge is 0.123 e. The Kier molecular flexibility index (Phi) is 3.15. The Bertz CT molecular complexity index is 627. The zero-order valence-corrected chi connectivity index (χ0v) is 12.3. The van der Waals surface area contributed by atoms with Crippen molar-refractivity contribution in [1.82, 2.24) is 4.98 Å². The van der Waals surface area contributed by atoms with Gasteiger partial charge in [0.15, 0.2) is 0 Å². The van der Waals surface area contributed by atoms with E-state index in [1.54, 1.807) is 0 Å². The van der Waals surface area contributed by atoms with Gasteiger partial charge in [-0.15, -0.1) is 0 Å². The lowest BCUT2D eigenvalue weighted by Crippen LogP contribution is -2.18. The fourth-order valence-corrected chi connectivity index (χ4v) is 2.17. The highest BCUT2D eigenvalue weighted by molar-refractivity contribution is 9.10. The van der Waals surface area contributed by atoms with E-state index >= 15 is 0 Å². The predicted molar refractivity (Wildman–Crippen MR) is 79.2 cm³/mol. The van der Waals surface area contributed by atoms with Crippen molar-refractivity contribution >= 4 is 32.7 Å². The average Bonchev–Trinajstić information content (AvgIpc) is 2.25. The second-order valence-electron chi connectivity index (χ2n) is 5.38. The molecule has 0 aliphatic carbocycles. The SMILES string of the molecule is CC(C)(C)c1cc(C(=N)N)c2cc(Br)ccc2n1. The summed E-state index contributed by atoms with van der Waals surface area (Å²) in [6.45, 7) is 6.30. The van der Waals surface area contributed by atoms with Gasteiger partial charge >= 0.3 is 0 Å². The van der Waals surface area contributed by atoms with Crippen LogP contribution in [-0.4, -0.2) is 10.8 Å². The number of halogens is 1. The van der Waals surface area contributed by atoms with E-state index in [0.29, 0.717) is 0 Å². The summed E-state index contributed by atoms with van der Waals surface area (Å²) in [4.78, 5) is 4.66. The summed E-state index contributed by atoms with van der Waals surface area (Å²) in [6.07, 6.45) is 0. The average molecular weight is 306 g/mol. The van der Waals surface area contributed by atoms with Gasteiger partial charge in [0.05, 0.1) is 5.52 Å². The number of benzene rings is 1. The van der Waals surface area contributed by atoms with Crippen molar-refractivity contribution in [2.24, 2.45) is 5.73 Å². The topological polar surface area (TPSA) is 62.8 Å². The van der Waals surface area contributed by atoms with Crippen LogP contribution >= 0.6 is 15.9 Å². The van der Waals surface area contributed by atoms with Crippen LogP contribution in [0.5, 0.6) is 0 Å². The molecule has 0 amide bonds. The minimum atomic E-state index is -0.0640. The number of nitrogens with one attached hydrogen (secondary N) is 1. The van der Waals surface area contributed by atoms with Gasteiger partial charge in [-0.1, -0.05) is 36.7 Å². The fraction of sp³-hybridized carbons (Fsp3) is 0.286. The molecule has 94 valence electrons. The Balaban J connectivity index is 2.83. The van der Waals surface area contributed by atoms with Crippen molar-refractivity contribution in [2.75, 3.05) is 0 Å². The van der Waals surface area contributed by atoms with Crippen molar-refractivity contribution in [3.05, 3.63) is 40.0 Å². The first-order valence-electron chi connectivity index (χ1n) is 5.74. The highest BCUT2D eigenvalue weighted by atomic mass is 79.9. The van der Waals surface area contributed by atoms with Crippen LogP contribution in [-0.2, 0) is 5.41 Å². The number of hydrogen-bond donors (Lipinski definition) is 2. The number of nitrogens with two attached hydrogens (primary N) is 1. The minimum absolute atomic E-state index is 0.0640. The number of rotatable bonds is 1. The maximum Gasteiger partial charge on any atom is 0.123 e. The van der Waals surface area contributed by atoms with Crippen LogP contribution in [0.25, 0.3) is 10.9 Å². The first kappa shape index (κ1) is 13.0. The summed E-state index contributed by atoms with van der Waals surface area (Å²) >= 11 is 3.43. The lowest BCUT2D eigenvalue weighted by Gasteiger charge is -2.19. The zero-order chi connectivity index (χ0) is 13.5. The molecular weight excluding hydrogens is 290 g/mol. The molecular formula is C14H16BrN3. The molecule has 4 heteroatoms. The number of aromatic nitrogens is 1. The van der Waals surface area contributed by atoms with Gasteiger partial charge in [-0.2, -0.15) is 0 Å². The molecule has 18 heavy (non-hydrogen) atoms. The van der Waals surface area contributed by atoms with Crippen LogP contribution in [0, 0.1) is 5.41 Å². The van der Waals surface area contributed by atoms with Crippen LogP contribution in [0.2, 0.25) is 0 Å². The molecule has 0 atom stereocenters. The summed E-state index contributed by atoms with van der Waals surface area (Å²) in [5.74, 6) is 0.0750. The van der Waals surface area contributed by atoms with Crippen molar-refractivity contribution in [1.29, 1.82) is 5.41 Å². The monoisotopic (exact) mass is 305 g/mol. The standard InChI is InChI=1S/C14H16BrN3/c1-14(2,3)12-7-10(13(16)17)9-6-8(15)4-5-11(9)18-12/h4-7H,1-3H3,(H3,16,17). The Morgan fingerprint density at radius 1 is 1.28 bits per heavy atom. The number of nitrogens with zero attached hydrogens (tertiary/aromatic N) is 1. The van der Waals surface area contributed by atoms with Gasteiger partial charge < -0.3 is 5.73 Å². The van der Waals surface area contributed by atoms with Crippen molar-refractivity contribution in [3.8, 4) is 0 Å². The molecule has 2 rings (SSSR count). The largest absolute Gasteiger partial charge is 0.384 e. The Morgan fingerprint density at radius 3 is 2.50 bits per heavy atom. The molecule has 1 heterocycles. The Hall–Kier alpha value is -1.42. The number of pyridine rings is 1. The van der Waals surface area contributed by atoms with Gasteiger partial charge in [0, 0.05) is 26.5 Å². The van der Waals surface area contributed by atoms with E-state index in [9.17, 15) is 0 Å². The predicted octanol–water partition coefficient (Wildman–Crippen LogP) is 3.58. The quantitative estimate of drug-likeness (QED) is 0.625. The van der Waals surface area contributed by atoms with Crippen molar-refractivity contribution in [2.45, 2.75) is 26.2 Å². The van der Waals surface area contributed by atoms with E-state index in [1.807, 2.05) is 24.3 Å². The summed E-state index contributed by atoms with van der Waals surface area (Å²) in [7, 11) is 0. The molecule has 0 spiro atoms. The second-order valence-corrected chi connectivity index (χ2v) is 6.30. The number of amidine groups is 1. The van der Waals surface area contributed by atoms with Crippen LogP contribution < -0.4 is 5.73 Å². The third-order valence-electron chi connectivity index (χ3n) is 2.83. The third-order valence-corrected chi connectivity index (χ3v) is 3.32. The highest BCUT2D eigenvalue weighted by Crippen LogP contribution is 2.27. The molecule has 0 fully saturated rings. The molecule has 0 aliphatic heterocycles. The Labute approximate surface area is 115 Å². The highest BCUT2D eigenvalue weighted by Gasteiger charge is 2.18. The molecule has 1 aromatic heterocycles. The second kappa shape index (κ2) is 4.35. The maximum atomic E-state index is 7.72. The number of nitrogen functional groups attached to an aromatic ring is 1. The minimum Gasteiger partial charge on any atom is -0.384 e. The van der Waals surface area contributed by atoms with E-state index in [1.165, 1.54) is 0 Å². The fourth-order valence-electron chi connectivity index (χ4n) is 1.81. The van der Waals surface area contributed by atoms with Gasteiger partial charge in [0.1, 0.15) is 5.84 Å². The number of fused-ring (bicyclic) bond motifs is 1. The van der Waals surface area contributed by atoms with E-state index in [-0.39, 0.29) is 11.3 Å². The molecule has 0 unspecified atom stereocenters. The molecule has 2 aromatic rings. The van der Waals surface area contributed by atoms with Gasteiger partial charge in [0.2, 0.25) is 0 Å².